The molecule has 1 fully saturated rings. The average Bonchev–Trinajstić information content (AvgIpc) is 2.88. The van der Waals surface area contributed by atoms with E-state index in [-0.39, 0.29) is 0 Å². The van der Waals surface area contributed by atoms with E-state index in [1.165, 1.54) is 37.5 Å². The molecule has 1 N–H and O–H groups in total. The van der Waals surface area contributed by atoms with Crippen molar-refractivity contribution in [3.05, 3.63) is 36.1 Å². The predicted octanol–water partition coefficient (Wildman–Crippen LogP) is 4.49. The summed E-state index contributed by atoms with van der Waals surface area (Å²) in [7, 11) is 0. The normalized spacial score (nSPS) is 23.8. The smallest absolute Gasteiger partial charge is 0.134 e. The fourth-order valence-corrected chi connectivity index (χ4v) is 3.22. The molecule has 3 rings (SSSR count). The minimum absolute atomic E-state index is 0.673. The van der Waals surface area contributed by atoms with Crippen LogP contribution >= 0.6 is 0 Å². The number of nitrogens with one attached hydrogen (secondary N) is 1. The van der Waals surface area contributed by atoms with Crippen LogP contribution in [0.1, 0.15) is 44.8 Å². The second kappa shape index (κ2) is 5.79. The third-order valence-corrected chi connectivity index (χ3v) is 4.40. The second-order valence-electron chi connectivity index (χ2n) is 5.77. The standard InChI is InChI=1S/C17H23NO/c1-2-13-6-5-8-15(10-13)18-12-16-11-14-7-3-4-9-17(14)19-16/h3-4,7,9,11,13,15,18H,2,5-6,8,10,12H2,1H3. The van der Waals surface area contributed by atoms with E-state index in [4.69, 9.17) is 4.42 Å². The molecule has 102 valence electrons. The lowest BCUT2D eigenvalue weighted by molar-refractivity contribution is 0.274. The topological polar surface area (TPSA) is 25.2 Å². The van der Waals surface area contributed by atoms with Gasteiger partial charge in [-0.25, -0.2) is 0 Å². The Morgan fingerprint density at radius 2 is 2.16 bits per heavy atom. The number of hydrogen-bond acceptors (Lipinski definition) is 2. The quantitative estimate of drug-likeness (QED) is 0.873. The van der Waals surface area contributed by atoms with Gasteiger partial charge in [0.25, 0.3) is 0 Å². The summed E-state index contributed by atoms with van der Waals surface area (Å²) in [4.78, 5) is 0. The van der Waals surface area contributed by atoms with Crippen molar-refractivity contribution in [3.8, 4) is 0 Å². The van der Waals surface area contributed by atoms with Gasteiger partial charge in [0.2, 0.25) is 0 Å². The highest BCUT2D eigenvalue weighted by molar-refractivity contribution is 5.77. The summed E-state index contributed by atoms with van der Waals surface area (Å²) in [6.07, 6.45) is 6.76. The Hall–Kier alpha value is -1.28. The van der Waals surface area contributed by atoms with Crippen molar-refractivity contribution in [2.75, 3.05) is 0 Å². The molecule has 2 aromatic rings. The lowest BCUT2D eigenvalue weighted by Crippen LogP contribution is -2.33. The largest absolute Gasteiger partial charge is 0.460 e. The monoisotopic (exact) mass is 257 g/mol. The first-order valence-corrected chi connectivity index (χ1v) is 7.56. The van der Waals surface area contributed by atoms with Crippen molar-refractivity contribution < 1.29 is 4.42 Å². The van der Waals surface area contributed by atoms with E-state index in [9.17, 15) is 0 Å². The van der Waals surface area contributed by atoms with Gasteiger partial charge in [0.15, 0.2) is 0 Å². The Kier molecular flexibility index (Phi) is 3.88. The Balaban J connectivity index is 1.59. The summed E-state index contributed by atoms with van der Waals surface area (Å²) in [5.41, 5.74) is 0.995. The number of benzene rings is 1. The molecule has 1 aliphatic carbocycles. The van der Waals surface area contributed by atoms with Crippen LogP contribution in [-0.2, 0) is 6.54 Å². The molecule has 2 atom stereocenters. The highest BCUT2D eigenvalue weighted by Gasteiger charge is 2.20. The van der Waals surface area contributed by atoms with E-state index in [0.29, 0.717) is 6.04 Å². The first-order valence-electron chi connectivity index (χ1n) is 7.56. The molecule has 2 unspecified atom stereocenters. The van der Waals surface area contributed by atoms with Gasteiger partial charge < -0.3 is 9.73 Å². The summed E-state index contributed by atoms with van der Waals surface area (Å²) in [6.45, 7) is 3.17. The van der Waals surface area contributed by atoms with Crippen molar-refractivity contribution in [2.24, 2.45) is 5.92 Å². The molecule has 1 aliphatic rings. The maximum atomic E-state index is 5.85. The van der Waals surface area contributed by atoms with E-state index in [0.717, 1.165) is 23.8 Å². The Labute approximate surface area is 115 Å². The molecule has 19 heavy (non-hydrogen) atoms. The SMILES string of the molecule is CCC1CCCC(NCc2cc3ccccc3o2)C1. The summed E-state index contributed by atoms with van der Waals surface area (Å²) < 4.78 is 5.85. The molecule has 0 spiro atoms. The number of para-hydroxylation sites is 1. The van der Waals surface area contributed by atoms with Gasteiger partial charge in [0, 0.05) is 11.4 Å². The molecule has 0 radical (unpaired) electrons. The Morgan fingerprint density at radius 3 is 3.00 bits per heavy atom. The van der Waals surface area contributed by atoms with Gasteiger partial charge >= 0.3 is 0 Å². The predicted molar refractivity (Wildman–Crippen MR) is 79.1 cm³/mol. The summed E-state index contributed by atoms with van der Waals surface area (Å²) in [5, 5.41) is 4.87. The zero-order valence-corrected chi connectivity index (χ0v) is 11.7. The van der Waals surface area contributed by atoms with Crippen LogP contribution in [0.15, 0.2) is 34.7 Å². The molecule has 1 aromatic heterocycles. The van der Waals surface area contributed by atoms with Gasteiger partial charge in [0.1, 0.15) is 11.3 Å². The van der Waals surface area contributed by atoms with Crippen molar-refractivity contribution in [3.63, 3.8) is 0 Å². The third-order valence-electron chi connectivity index (χ3n) is 4.40. The van der Waals surface area contributed by atoms with Crippen LogP contribution < -0.4 is 5.32 Å². The van der Waals surface area contributed by atoms with Crippen molar-refractivity contribution in [1.29, 1.82) is 0 Å². The molecular weight excluding hydrogens is 234 g/mol. The van der Waals surface area contributed by atoms with Crippen LogP contribution in [0, 0.1) is 5.92 Å². The van der Waals surface area contributed by atoms with Crippen molar-refractivity contribution in [2.45, 2.75) is 51.6 Å². The molecular formula is C17H23NO. The highest BCUT2D eigenvalue weighted by Crippen LogP contribution is 2.27. The molecule has 1 heterocycles. The number of fused-ring (bicyclic) bond motifs is 1. The molecule has 2 heteroatoms. The van der Waals surface area contributed by atoms with Crippen LogP contribution in [0.25, 0.3) is 11.0 Å². The van der Waals surface area contributed by atoms with Crippen molar-refractivity contribution >= 4 is 11.0 Å². The van der Waals surface area contributed by atoms with E-state index in [1.807, 2.05) is 12.1 Å². The van der Waals surface area contributed by atoms with E-state index >= 15 is 0 Å². The summed E-state index contributed by atoms with van der Waals surface area (Å²) in [6, 6.07) is 11.1. The number of hydrogen-bond donors (Lipinski definition) is 1. The van der Waals surface area contributed by atoms with Crippen molar-refractivity contribution in [1.82, 2.24) is 5.32 Å². The maximum absolute atomic E-state index is 5.85. The van der Waals surface area contributed by atoms with E-state index < -0.39 is 0 Å². The van der Waals surface area contributed by atoms with Crippen LogP contribution in [0.2, 0.25) is 0 Å². The lowest BCUT2D eigenvalue weighted by atomic mass is 9.84. The minimum Gasteiger partial charge on any atom is -0.460 e. The van der Waals surface area contributed by atoms with Crippen LogP contribution in [0.3, 0.4) is 0 Å². The molecule has 1 saturated carbocycles. The molecule has 0 saturated heterocycles. The second-order valence-corrected chi connectivity index (χ2v) is 5.77. The highest BCUT2D eigenvalue weighted by atomic mass is 16.3. The zero-order chi connectivity index (χ0) is 13.1. The number of furan rings is 1. The van der Waals surface area contributed by atoms with Crippen LogP contribution in [0.5, 0.6) is 0 Å². The Morgan fingerprint density at radius 1 is 1.26 bits per heavy atom. The third kappa shape index (κ3) is 3.01. The minimum atomic E-state index is 0.673. The maximum Gasteiger partial charge on any atom is 0.134 e. The van der Waals surface area contributed by atoms with Gasteiger partial charge in [-0.15, -0.1) is 0 Å². The van der Waals surface area contributed by atoms with Gasteiger partial charge in [-0.3, -0.25) is 0 Å². The average molecular weight is 257 g/mol. The number of rotatable bonds is 4. The first-order chi connectivity index (χ1) is 9.35. The molecule has 2 nitrogen and oxygen atoms in total. The first kappa shape index (κ1) is 12.7. The Bertz CT molecular complexity index is 498. The van der Waals surface area contributed by atoms with Gasteiger partial charge in [0.05, 0.1) is 6.54 Å². The fraction of sp³-hybridized carbons (Fsp3) is 0.529. The lowest BCUT2D eigenvalue weighted by Gasteiger charge is -2.28. The van der Waals surface area contributed by atoms with Crippen LogP contribution in [0.4, 0.5) is 0 Å². The van der Waals surface area contributed by atoms with Gasteiger partial charge in [-0.2, -0.15) is 0 Å². The molecule has 1 aromatic carbocycles. The van der Waals surface area contributed by atoms with Crippen LogP contribution in [-0.4, -0.2) is 6.04 Å². The van der Waals surface area contributed by atoms with E-state index in [2.05, 4.69) is 30.4 Å². The van der Waals surface area contributed by atoms with Gasteiger partial charge in [-0.1, -0.05) is 44.4 Å². The summed E-state index contributed by atoms with van der Waals surface area (Å²) in [5.74, 6) is 1.97. The fourth-order valence-electron chi connectivity index (χ4n) is 3.22. The molecule has 0 amide bonds. The van der Waals surface area contributed by atoms with E-state index in [1.54, 1.807) is 0 Å². The zero-order valence-electron chi connectivity index (χ0n) is 11.7. The molecule has 0 bridgehead atoms. The van der Waals surface area contributed by atoms with Gasteiger partial charge in [-0.05, 0) is 30.9 Å². The molecule has 0 aliphatic heterocycles. The summed E-state index contributed by atoms with van der Waals surface area (Å²) >= 11 is 0.